The standard InChI is InChI=1S/C27H26ClF3N6O3S/c28-22-8-7-19(15-21(22)27(29,30)31)36-26(38)35-18-5-3-17(4-6-18)20-16-33-23-9-10-32-25(24(20)23)41(39,40)34-11-14-37-12-1-2-13-37/h3-10,15-16,33-34H,1-2,11-14H2,(H2,35,36,38). The van der Waals surface area contributed by atoms with E-state index in [0.29, 0.717) is 34.3 Å². The van der Waals surface area contributed by atoms with Gasteiger partial charge in [0.15, 0.2) is 5.03 Å². The summed E-state index contributed by atoms with van der Waals surface area (Å²) >= 11 is 5.63. The molecule has 0 aliphatic carbocycles. The van der Waals surface area contributed by atoms with Crippen LogP contribution in [0.3, 0.4) is 0 Å². The number of sulfonamides is 1. The average Bonchev–Trinajstić information content (AvgIpc) is 3.60. The first-order valence-corrected chi connectivity index (χ1v) is 14.6. The van der Waals surface area contributed by atoms with Crippen molar-refractivity contribution in [2.75, 3.05) is 36.8 Å². The number of H-pyrrole nitrogens is 1. The molecule has 9 nitrogen and oxygen atoms in total. The molecule has 41 heavy (non-hydrogen) atoms. The number of hydrogen-bond acceptors (Lipinski definition) is 5. The number of rotatable bonds is 8. The number of likely N-dealkylation sites (tertiary alicyclic amines) is 1. The van der Waals surface area contributed by atoms with Crippen molar-refractivity contribution in [2.45, 2.75) is 24.0 Å². The zero-order chi connectivity index (χ0) is 29.2. The van der Waals surface area contributed by atoms with Crippen LogP contribution in [0, 0.1) is 0 Å². The molecule has 1 fully saturated rings. The van der Waals surface area contributed by atoms with Crippen molar-refractivity contribution in [3.63, 3.8) is 0 Å². The highest BCUT2D eigenvalue weighted by Gasteiger charge is 2.33. The maximum atomic E-state index is 13.2. The number of urea groups is 1. The zero-order valence-corrected chi connectivity index (χ0v) is 23.1. The number of aromatic nitrogens is 2. The van der Waals surface area contributed by atoms with E-state index >= 15 is 0 Å². The van der Waals surface area contributed by atoms with Gasteiger partial charge in [0.1, 0.15) is 0 Å². The molecule has 2 aromatic heterocycles. The van der Waals surface area contributed by atoms with E-state index in [9.17, 15) is 26.4 Å². The summed E-state index contributed by atoms with van der Waals surface area (Å²) in [5, 5.41) is 4.79. The molecule has 1 saturated heterocycles. The highest BCUT2D eigenvalue weighted by atomic mass is 35.5. The zero-order valence-electron chi connectivity index (χ0n) is 21.6. The summed E-state index contributed by atoms with van der Waals surface area (Å²) in [6.45, 7) is 2.82. The van der Waals surface area contributed by atoms with Crippen LogP contribution in [-0.4, -0.2) is 55.5 Å². The minimum Gasteiger partial charge on any atom is -0.360 e. The number of hydrogen-bond donors (Lipinski definition) is 4. The molecule has 0 bridgehead atoms. The Kier molecular flexibility index (Phi) is 8.23. The molecule has 0 unspecified atom stereocenters. The number of halogens is 4. The van der Waals surface area contributed by atoms with Crippen molar-refractivity contribution in [2.24, 2.45) is 0 Å². The second kappa shape index (κ2) is 11.7. The molecule has 2 aromatic carbocycles. The van der Waals surface area contributed by atoms with Crippen molar-refractivity contribution in [3.05, 3.63) is 71.5 Å². The lowest BCUT2D eigenvalue weighted by Crippen LogP contribution is -2.33. The van der Waals surface area contributed by atoms with Gasteiger partial charge in [-0.15, -0.1) is 0 Å². The Labute approximate surface area is 239 Å². The van der Waals surface area contributed by atoms with E-state index in [-0.39, 0.29) is 17.3 Å². The van der Waals surface area contributed by atoms with Gasteiger partial charge < -0.3 is 20.5 Å². The van der Waals surface area contributed by atoms with E-state index < -0.39 is 32.8 Å². The molecule has 14 heteroatoms. The van der Waals surface area contributed by atoms with Gasteiger partial charge >= 0.3 is 12.2 Å². The predicted molar refractivity (Wildman–Crippen MR) is 151 cm³/mol. The Morgan fingerprint density at radius 3 is 2.41 bits per heavy atom. The number of amides is 2. The SMILES string of the molecule is O=C(Nc1ccc(-c2c[nH]c3ccnc(S(=O)(=O)NCCN4CCCC4)c23)cc1)Nc1ccc(Cl)c(C(F)(F)F)c1. The lowest BCUT2D eigenvalue weighted by molar-refractivity contribution is -0.137. The van der Waals surface area contributed by atoms with Crippen molar-refractivity contribution < 1.29 is 26.4 Å². The minimum atomic E-state index is -4.66. The first-order chi connectivity index (χ1) is 19.5. The van der Waals surface area contributed by atoms with E-state index in [1.54, 1.807) is 36.5 Å². The maximum absolute atomic E-state index is 13.2. The summed E-state index contributed by atoms with van der Waals surface area (Å²) in [5.41, 5.74) is 1.09. The molecule has 5 rings (SSSR count). The molecule has 3 heterocycles. The van der Waals surface area contributed by atoms with Crippen LogP contribution in [0.5, 0.6) is 0 Å². The van der Waals surface area contributed by atoms with Gasteiger partial charge in [-0.25, -0.2) is 22.9 Å². The predicted octanol–water partition coefficient (Wildman–Crippen LogP) is 5.92. The summed E-state index contributed by atoms with van der Waals surface area (Å²) in [6.07, 6.45) is 0.682. The second-order valence-electron chi connectivity index (χ2n) is 9.54. The number of benzene rings is 2. The molecule has 2 amide bonds. The summed E-state index contributed by atoms with van der Waals surface area (Å²) in [4.78, 5) is 21.9. The Morgan fingerprint density at radius 1 is 1.02 bits per heavy atom. The number of nitrogens with one attached hydrogen (secondary N) is 4. The molecule has 0 spiro atoms. The number of pyridine rings is 1. The van der Waals surface area contributed by atoms with Gasteiger partial charge in [-0.1, -0.05) is 23.7 Å². The molecule has 0 saturated carbocycles. The first-order valence-electron chi connectivity index (χ1n) is 12.7. The van der Waals surface area contributed by atoms with Gasteiger partial charge in [-0.05, 0) is 67.9 Å². The Bertz CT molecular complexity index is 1670. The van der Waals surface area contributed by atoms with E-state index in [1.165, 1.54) is 12.3 Å². The third-order valence-electron chi connectivity index (χ3n) is 6.71. The highest BCUT2D eigenvalue weighted by molar-refractivity contribution is 7.89. The second-order valence-corrected chi connectivity index (χ2v) is 11.6. The third-order valence-corrected chi connectivity index (χ3v) is 8.45. The van der Waals surface area contributed by atoms with Gasteiger partial charge in [0, 0.05) is 47.8 Å². The minimum absolute atomic E-state index is 0.0788. The molecule has 4 N–H and O–H groups in total. The van der Waals surface area contributed by atoms with E-state index in [2.05, 4.69) is 30.2 Å². The van der Waals surface area contributed by atoms with Crippen molar-refractivity contribution >= 4 is 49.9 Å². The van der Waals surface area contributed by atoms with Gasteiger partial charge in [0.2, 0.25) is 0 Å². The Balaban J connectivity index is 1.30. The van der Waals surface area contributed by atoms with Gasteiger partial charge in [-0.3, -0.25) is 0 Å². The van der Waals surface area contributed by atoms with Crippen LogP contribution in [0.25, 0.3) is 22.0 Å². The van der Waals surface area contributed by atoms with Gasteiger partial charge in [0.25, 0.3) is 10.0 Å². The van der Waals surface area contributed by atoms with E-state index in [4.69, 9.17) is 11.6 Å². The number of aromatic amines is 1. The topological polar surface area (TPSA) is 119 Å². The monoisotopic (exact) mass is 606 g/mol. The summed E-state index contributed by atoms with van der Waals surface area (Å²) in [5.74, 6) is 0. The Morgan fingerprint density at radius 2 is 1.71 bits per heavy atom. The van der Waals surface area contributed by atoms with Crippen LogP contribution in [-0.2, 0) is 16.2 Å². The molecule has 4 aromatic rings. The lowest BCUT2D eigenvalue weighted by Gasteiger charge is -2.15. The molecular weight excluding hydrogens is 581 g/mol. The number of alkyl halides is 3. The number of anilines is 2. The molecule has 1 aliphatic rings. The van der Waals surface area contributed by atoms with Crippen LogP contribution in [0.4, 0.5) is 29.3 Å². The van der Waals surface area contributed by atoms with Crippen molar-refractivity contribution in [3.8, 4) is 11.1 Å². The summed E-state index contributed by atoms with van der Waals surface area (Å²) < 4.78 is 68.4. The smallest absolute Gasteiger partial charge is 0.360 e. The number of carbonyl (C=O) groups excluding carboxylic acids is 1. The van der Waals surface area contributed by atoms with Crippen LogP contribution >= 0.6 is 11.6 Å². The average molecular weight is 607 g/mol. The summed E-state index contributed by atoms with van der Waals surface area (Å²) in [6, 6.07) is 10.6. The van der Waals surface area contributed by atoms with Crippen LogP contribution in [0.2, 0.25) is 5.02 Å². The first kappa shape index (κ1) is 28.9. The Hall–Kier alpha value is -3.65. The lowest BCUT2D eigenvalue weighted by atomic mass is 10.1. The van der Waals surface area contributed by atoms with Gasteiger partial charge in [-0.2, -0.15) is 13.2 Å². The third kappa shape index (κ3) is 6.64. The number of fused-ring (bicyclic) bond motifs is 1. The van der Waals surface area contributed by atoms with Crippen molar-refractivity contribution in [1.82, 2.24) is 19.6 Å². The van der Waals surface area contributed by atoms with E-state index in [0.717, 1.165) is 38.1 Å². The quantitative estimate of drug-likeness (QED) is 0.199. The van der Waals surface area contributed by atoms with Crippen molar-refractivity contribution in [1.29, 1.82) is 0 Å². The molecular formula is C27H26ClF3N6O3S. The fraction of sp³-hybridized carbons (Fsp3) is 0.259. The molecule has 0 atom stereocenters. The largest absolute Gasteiger partial charge is 0.417 e. The molecule has 216 valence electrons. The molecule has 0 radical (unpaired) electrons. The number of carbonyl (C=O) groups is 1. The van der Waals surface area contributed by atoms with Gasteiger partial charge in [0.05, 0.1) is 16.1 Å². The fourth-order valence-electron chi connectivity index (χ4n) is 4.74. The summed E-state index contributed by atoms with van der Waals surface area (Å²) in [7, 11) is -3.90. The fourth-order valence-corrected chi connectivity index (χ4v) is 6.15. The van der Waals surface area contributed by atoms with E-state index in [1.807, 2.05) is 0 Å². The highest BCUT2D eigenvalue weighted by Crippen LogP contribution is 2.36. The number of nitrogens with zero attached hydrogens (tertiary/aromatic N) is 2. The normalized spacial score (nSPS) is 14.4. The van der Waals surface area contributed by atoms with Crippen LogP contribution in [0.1, 0.15) is 18.4 Å². The van der Waals surface area contributed by atoms with Crippen LogP contribution < -0.4 is 15.4 Å². The maximum Gasteiger partial charge on any atom is 0.417 e. The van der Waals surface area contributed by atoms with Crippen LogP contribution in [0.15, 0.2) is 66.0 Å². The molecule has 1 aliphatic heterocycles.